The van der Waals surface area contributed by atoms with E-state index in [4.69, 9.17) is 4.74 Å². The summed E-state index contributed by atoms with van der Waals surface area (Å²) in [6.07, 6.45) is 2.47. The molecule has 1 saturated heterocycles. The maximum atomic E-state index is 11.9. The van der Waals surface area contributed by atoms with Crippen LogP contribution in [0.3, 0.4) is 0 Å². The van der Waals surface area contributed by atoms with Gasteiger partial charge in [-0.25, -0.2) is 4.79 Å². The molecule has 0 radical (unpaired) electrons. The van der Waals surface area contributed by atoms with Crippen LogP contribution in [0, 0.1) is 10.1 Å². The fourth-order valence-electron chi connectivity index (χ4n) is 2.49. The van der Waals surface area contributed by atoms with Gasteiger partial charge >= 0.3 is 5.97 Å². The number of carbonyl (C=O) groups is 1. The fourth-order valence-corrected chi connectivity index (χ4v) is 2.84. The van der Waals surface area contributed by atoms with Gasteiger partial charge in [0.1, 0.15) is 11.7 Å². The van der Waals surface area contributed by atoms with Crippen LogP contribution in [0.25, 0.3) is 0 Å². The molecule has 0 saturated carbocycles. The largest absolute Gasteiger partial charge is 0.467 e. The van der Waals surface area contributed by atoms with E-state index in [0.29, 0.717) is 23.1 Å². The minimum absolute atomic E-state index is 0.00446. The van der Waals surface area contributed by atoms with Crippen LogP contribution >= 0.6 is 15.9 Å². The van der Waals surface area contributed by atoms with Gasteiger partial charge in [0.25, 0.3) is 5.69 Å². The molecule has 0 aromatic heterocycles. The van der Waals surface area contributed by atoms with Crippen molar-refractivity contribution in [2.45, 2.75) is 25.3 Å². The van der Waals surface area contributed by atoms with Gasteiger partial charge in [-0.15, -0.1) is 0 Å². The van der Waals surface area contributed by atoms with Crippen LogP contribution in [0.2, 0.25) is 0 Å². The topological polar surface area (TPSA) is 72.7 Å². The van der Waals surface area contributed by atoms with Crippen LogP contribution in [0.15, 0.2) is 22.7 Å². The van der Waals surface area contributed by atoms with Crippen molar-refractivity contribution in [3.05, 3.63) is 32.8 Å². The van der Waals surface area contributed by atoms with Crippen LogP contribution in [-0.2, 0) is 9.53 Å². The van der Waals surface area contributed by atoms with Crippen molar-refractivity contribution in [3.8, 4) is 0 Å². The van der Waals surface area contributed by atoms with Crippen LogP contribution in [0.1, 0.15) is 19.3 Å². The summed E-state index contributed by atoms with van der Waals surface area (Å²) in [7, 11) is 1.34. The second-order valence-electron chi connectivity index (χ2n) is 4.62. The highest BCUT2D eigenvalue weighted by atomic mass is 79.9. The van der Waals surface area contributed by atoms with Gasteiger partial charge in [0, 0.05) is 17.1 Å². The molecule has 0 amide bonds. The first-order valence-corrected chi connectivity index (χ1v) is 7.12. The maximum absolute atomic E-state index is 11.9. The summed E-state index contributed by atoms with van der Waals surface area (Å²) >= 11 is 3.23. The SMILES string of the molecule is COC(=O)C1CCCCN1c1ccc(Br)cc1[N+](=O)[O-]. The predicted molar refractivity (Wildman–Crippen MR) is 77.8 cm³/mol. The van der Waals surface area contributed by atoms with Gasteiger partial charge in [-0.1, -0.05) is 15.9 Å². The minimum atomic E-state index is -0.450. The van der Waals surface area contributed by atoms with Crippen molar-refractivity contribution >= 4 is 33.3 Å². The summed E-state index contributed by atoms with van der Waals surface area (Å²) < 4.78 is 5.44. The summed E-state index contributed by atoms with van der Waals surface area (Å²) in [5.74, 6) is -0.345. The lowest BCUT2D eigenvalue weighted by atomic mass is 10.0. The molecule has 1 fully saturated rings. The number of ether oxygens (including phenoxy) is 1. The molecule has 20 heavy (non-hydrogen) atoms. The molecule has 1 aromatic carbocycles. The standard InChI is InChI=1S/C13H15BrN2O4/c1-20-13(17)11-4-2-3-7-15(11)10-6-5-9(14)8-12(10)16(18)19/h5-6,8,11H,2-4,7H2,1H3. The molecule has 1 aromatic rings. The Hall–Kier alpha value is -1.63. The number of esters is 1. The Bertz CT molecular complexity index is 535. The Balaban J connectivity index is 2.42. The number of nitrogens with zero attached hydrogens (tertiary/aromatic N) is 2. The van der Waals surface area contributed by atoms with Crippen molar-refractivity contribution in [1.29, 1.82) is 0 Å². The van der Waals surface area contributed by atoms with Crippen molar-refractivity contribution in [1.82, 2.24) is 0 Å². The Morgan fingerprint density at radius 3 is 2.90 bits per heavy atom. The highest BCUT2D eigenvalue weighted by molar-refractivity contribution is 9.10. The van der Waals surface area contributed by atoms with Crippen molar-refractivity contribution in [2.75, 3.05) is 18.6 Å². The number of anilines is 1. The zero-order valence-corrected chi connectivity index (χ0v) is 12.6. The third-order valence-corrected chi connectivity index (χ3v) is 3.91. The van der Waals surface area contributed by atoms with Gasteiger partial charge in [-0.05, 0) is 31.4 Å². The predicted octanol–water partition coefficient (Wildman–Crippen LogP) is 2.89. The number of nitro benzene ring substituents is 1. The minimum Gasteiger partial charge on any atom is -0.467 e. The number of piperidine rings is 1. The van der Waals surface area contributed by atoms with E-state index in [2.05, 4.69) is 15.9 Å². The molecule has 6 nitrogen and oxygen atoms in total. The average molecular weight is 343 g/mol. The molecule has 1 atom stereocenters. The van der Waals surface area contributed by atoms with Crippen LogP contribution in [0.4, 0.5) is 11.4 Å². The fraction of sp³-hybridized carbons (Fsp3) is 0.462. The van der Waals surface area contributed by atoms with Crippen molar-refractivity contribution in [3.63, 3.8) is 0 Å². The van der Waals surface area contributed by atoms with E-state index in [0.717, 1.165) is 12.8 Å². The number of methoxy groups -OCH3 is 1. The molecule has 108 valence electrons. The van der Waals surface area contributed by atoms with Gasteiger partial charge in [0.2, 0.25) is 0 Å². The molecule has 7 heteroatoms. The molecule has 0 spiro atoms. The smallest absolute Gasteiger partial charge is 0.328 e. The number of nitro groups is 1. The Morgan fingerprint density at radius 1 is 1.50 bits per heavy atom. The van der Waals surface area contributed by atoms with E-state index in [1.54, 1.807) is 17.0 Å². The monoisotopic (exact) mass is 342 g/mol. The first kappa shape index (κ1) is 14.8. The van der Waals surface area contributed by atoms with Gasteiger partial charge in [-0.3, -0.25) is 10.1 Å². The zero-order valence-electron chi connectivity index (χ0n) is 11.0. The van der Waals surface area contributed by atoms with E-state index in [9.17, 15) is 14.9 Å². The first-order valence-electron chi connectivity index (χ1n) is 6.33. The van der Waals surface area contributed by atoms with E-state index < -0.39 is 11.0 Å². The average Bonchev–Trinajstić information content (AvgIpc) is 2.46. The number of hydrogen-bond donors (Lipinski definition) is 0. The number of carbonyl (C=O) groups excluding carboxylic acids is 1. The third kappa shape index (κ3) is 2.92. The van der Waals surface area contributed by atoms with E-state index >= 15 is 0 Å². The second-order valence-corrected chi connectivity index (χ2v) is 5.53. The molecule has 1 heterocycles. The molecule has 0 aliphatic carbocycles. The van der Waals surface area contributed by atoms with Crippen molar-refractivity contribution < 1.29 is 14.5 Å². The van der Waals surface area contributed by atoms with Crippen LogP contribution < -0.4 is 4.90 Å². The summed E-state index contributed by atoms with van der Waals surface area (Å²) in [4.78, 5) is 24.4. The number of halogens is 1. The Labute approximate surface area is 125 Å². The Morgan fingerprint density at radius 2 is 2.25 bits per heavy atom. The third-order valence-electron chi connectivity index (χ3n) is 3.42. The van der Waals surface area contributed by atoms with Gasteiger partial charge in [0.15, 0.2) is 0 Å². The normalized spacial score (nSPS) is 18.7. The molecule has 0 bridgehead atoms. The molecule has 1 aliphatic rings. The molecule has 1 unspecified atom stereocenters. The van der Waals surface area contributed by atoms with Gasteiger partial charge in [-0.2, -0.15) is 0 Å². The molecular formula is C13H15BrN2O4. The molecule has 0 N–H and O–H groups in total. The first-order chi connectivity index (χ1) is 9.54. The van der Waals surface area contributed by atoms with Crippen LogP contribution in [0.5, 0.6) is 0 Å². The quantitative estimate of drug-likeness (QED) is 0.479. The summed E-state index contributed by atoms with van der Waals surface area (Å²) in [6.45, 7) is 0.613. The Kier molecular flexibility index (Phi) is 4.59. The number of hydrogen-bond acceptors (Lipinski definition) is 5. The van der Waals surface area contributed by atoms with Crippen LogP contribution in [-0.4, -0.2) is 30.6 Å². The lowest BCUT2D eigenvalue weighted by Crippen LogP contribution is -2.45. The van der Waals surface area contributed by atoms with E-state index in [1.807, 2.05) is 0 Å². The second kappa shape index (κ2) is 6.21. The maximum Gasteiger partial charge on any atom is 0.328 e. The zero-order chi connectivity index (χ0) is 14.7. The molecular weight excluding hydrogens is 328 g/mol. The lowest BCUT2D eigenvalue weighted by molar-refractivity contribution is -0.384. The van der Waals surface area contributed by atoms with Gasteiger partial charge in [0.05, 0.1) is 12.0 Å². The number of benzene rings is 1. The molecule has 2 rings (SSSR count). The van der Waals surface area contributed by atoms with E-state index in [-0.39, 0.29) is 11.7 Å². The van der Waals surface area contributed by atoms with Gasteiger partial charge < -0.3 is 9.64 Å². The highest BCUT2D eigenvalue weighted by Crippen LogP contribution is 2.35. The highest BCUT2D eigenvalue weighted by Gasteiger charge is 2.33. The number of rotatable bonds is 3. The van der Waals surface area contributed by atoms with Crippen molar-refractivity contribution in [2.24, 2.45) is 0 Å². The van der Waals surface area contributed by atoms with E-state index in [1.165, 1.54) is 13.2 Å². The summed E-state index contributed by atoms with van der Waals surface area (Å²) in [5.41, 5.74) is 0.462. The lowest BCUT2D eigenvalue weighted by Gasteiger charge is -2.35. The summed E-state index contributed by atoms with van der Waals surface area (Å²) in [5, 5.41) is 11.2. The summed E-state index contributed by atoms with van der Waals surface area (Å²) in [6, 6.07) is 4.42. The molecule has 1 aliphatic heterocycles.